The number of carbonyl (C=O) groups is 1. The molecular weight excluding hydrogens is 292 g/mol. The van der Waals surface area contributed by atoms with Crippen molar-refractivity contribution in [2.75, 3.05) is 19.6 Å². The van der Waals surface area contributed by atoms with Gasteiger partial charge in [0.05, 0.1) is 25.0 Å². The molecule has 1 fully saturated rings. The van der Waals surface area contributed by atoms with E-state index in [1.54, 1.807) is 30.1 Å². The lowest BCUT2D eigenvalue weighted by Crippen LogP contribution is -3.14. The number of fused-ring (bicyclic) bond motifs is 1. The Bertz CT molecular complexity index is 784. The number of likely N-dealkylation sites (tertiary alicyclic amines) is 1. The Hall–Kier alpha value is -2.21. The van der Waals surface area contributed by atoms with E-state index in [4.69, 9.17) is 0 Å². The molecule has 2 aromatic rings. The van der Waals surface area contributed by atoms with Gasteiger partial charge < -0.3 is 10.2 Å². The number of quaternary nitrogens is 1. The van der Waals surface area contributed by atoms with Crippen LogP contribution >= 0.6 is 0 Å². The number of likely N-dealkylation sites (N-methyl/N-ethyl adjacent to an activating group) is 1. The van der Waals surface area contributed by atoms with Crippen LogP contribution in [0.1, 0.15) is 30.3 Å². The Labute approximate surface area is 135 Å². The SMILES string of the molecule is CC[NH+]1CCC[C@@H]1CNC(=O)c1nn(C)c(=O)c2ccccc12. The van der Waals surface area contributed by atoms with Crippen LogP contribution in [0, 0.1) is 0 Å². The van der Waals surface area contributed by atoms with Gasteiger partial charge >= 0.3 is 0 Å². The highest BCUT2D eigenvalue weighted by atomic mass is 16.2. The minimum atomic E-state index is -0.209. The first-order chi connectivity index (χ1) is 11.1. The Morgan fingerprint density at radius 3 is 2.87 bits per heavy atom. The van der Waals surface area contributed by atoms with Crippen molar-refractivity contribution < 1.29 is 9.69 Å². The summed E-state index contributed by atoms with van der Waals surface area (Å²) in [5.74, 6) is -0.209. The van der Waals surface area contributed by atoms with Gasteiger partial charge in [0.1, 0.15) is 6.04 Å². The summed E-state index contributed by atoms with van der Waals surface area (Å²) in [6, 6.07) is 7.60. The van der Waals surface area contributed by atoms with Crippen molar-refractivity contribution in [3.63, 3.8) is 0 Å². The summed E-state index contributed by atoms with van der Waals surface area (Å²) in [6.45, 7) is 5.10. The molecule has 1 aromatic heterocycles. The minimum absolute atomic E-state index is 0.186. The monoisotopic (exact) mass is 315 g/mol. The molecule has 0 spiro atoms. The number of aryl methyl sites for hydroxylation is 1. The predicted octanol–water partition coefficient (Wildman–Crippen LogP) is -0.269. The van der Waals surface area contributed by atoms with Crippen molar-refractivity contribution in [3.8, 4) is 0 Å². The molecule has 6 heteroatoms. The van der Waals surface area contributed by atoms with Gasteiger partial charge in [-0.05, 0) is 13.0 Å². The molecule has 2 heterocycles. The molecule has 0 saturated carbocycles. The molecule has 1 aliphatic rings. The van der Waals surface area contributed by atoms with E-state index in [0.717, 1.165) is 13.0 Å². The van der Waals surface area contributed by atoms with Crippen LogP contribution < -0.4 is 15.8 Å². The first kappa shape index (κ1) is 15.7. The third-order valence-electron chi connectivity index (χ3n) is 4.76. The fraction of sp³-hybridized carbons (Fsp3) is 0.471. The second kappa shape index (κ2) is 6.50. The summed E-state index contributed by atoms with van der Waals surface area (Å²) in [4.78, 5) is 26.2. The van der Waals surface area contributed by atoms with Crippen LogP contribution in [0.2, 0.25) is 0 Å². The van der Waals surface area contributed by atoms with E-state index in [1.165, 1.54) is 17.6 Å². The first-order valence-corrected chi connectivity index (χ1v) is 8.20. The third kappa shape index (κ3) is 2.99. The highest BCUT2D eigenvalue weighted by Gasteiger charge is 2.27. The maximum absolute atomic E-state index is 12.6. The Kier molecular flexibility index (Phi) is 4.43. The maximum atomic E-state index is 12.6. The maximum Gasteiger partial charge on any atom is 0.274 e. The summed E-state index contributed by atoms with van der Waals surface area (Å²) in [5, 5.41) is 8.31. The van der Waals surface area contributed by atoms with Crippen LogP contribution in [0.3, 0.4) is 0 Å². The van der Waals surface area contributed by atoms with E-state index >= 15 is 0 Å². The van der Waals surface area contributed by atoms with Crippen LogP contribution in [0.5, 0.6) is 0 Å². The molecule has 1 amide bonds. The van der Waals surface area contributed by atoms with Gasteiger partial charge in [-0.25, -0.2) is 4.68 Å². The van der Waals surface area contributed by atoms with Crippen LogP contribution in [0.4, 0.5) is 0 Å². The molecule has 1 saturated heterocycles. The standard InChI is InChI=1S/C17H22N4O2/c1-3-21-10-6-7-12(21)11-18-16(22)15-13-8-4-5-9-14(13)17(23)20(2)19-15/h4-5,8-9,12H,3,6-7,10-11H2,1-2H3,(H,18,22)/p+1/t12-/m1/s1. The quantitative estimate of drug-likeness (QED) is 0.816. The van der Waals surface area contributed by atoms with Crippen molar-refractivity contribution in [2.24, 2.45) is 7.05 Å². The number of amides is 1. The molecule has 3 rings (SSSR count). The van der Waals surface area contributed by atoms with E-state index < -0.39 is 0 Å². The Morgan fingerprint density at radius 2 is 2.13 bits per heavy atom. The zero-order valence-electron chi connectivity index (χ0n) is 13.6. The van der Waals surface area contributed by atoms with Gasteiger partial charge in [0.2, 0.25) is 0 Å². The summed E-state index contributed by atoms with van der Waals surface area (Å²) in [7, 11) is 1.57. The molecule has 0 aliphatic carbocycles. The number of hydrogen-bond donors (Lipinski definition) is 2. The predicted molar refractivity (Wildman–Crippen MR) is 88.7 cm³/mol. The van der Waals surface area contributed by atoms with E-state index in [2.05, 4.69) is 17.3 Å². The molecular formula is C17H23N4O2+. The molecule has 23 heavy (non-hydrogen) atoms. The van der Waals surface area contributed by atoms with Gasteiger partial charge in [0.15, 0.2) is 5.69 Å². The summed E-state index contributed by atoms with van der Waals surface area (Å²) >= 11 is 0. The number of nitrogens with zero attached hydrogens (tertiary/aromatic N) is 2. The van der Waals surface area contributed by atoms with Crippen molar-refractivity contribution in [1.29, 1.82) is 0 Å². The third-order valence-corrected chi connectivity index (χ3v) is 4.76. The molecule has 1 aliphatic heterocycles. The summed E-state index contributed by atoms with van der Waals surface area (Å²) in [6.07, 6.45) is 2.36. The number of hydrogen-bond acceptors (Lipinski definition) is 3. The van der Waals surface area contributed by atoms with Crippen LogP contribution in [0.25, 0.3) is 10.8 Å². The minimum Gasteiger partial charge on any atom is -0.345 e. The topological polar surface area (TPSA) is 68.4 Å². The van der Waals surface area contributed by atoms with Crippen molar-refractivity contribution in [1.82, 2.24) is 15.1 Å². The van der Waals surface area contributed by atoms with Gasteiger partial charge in [-0.1, -0.05) is 18.2 Å². The zero-order chi connectivity index (χ0) is 16.4. The van der Waals surface area contributed by atoms with E-state index in [-0.39, 0.29) is 11.5 Å². The second-order valence-corrected chi connectivity index (χ2v) is 6.13. The highest BCUT2D eigenvalue weighted by molar-refractivity contribution is 6.04. The molecule has 6 nitrogen and oxygen atoms in total. The van der Waals surface area contributed by atoms with Crippen molar-refractivity contribution in [3.05, 3.63) is 40.3 Å². The van der Waals surface area contributed by atoms with Gasteiger partial charge in [0.25, 0.3) is 11.5 Å². The average Bonchev–Trinajstić information content (AvgIpc) is 3.03. The number of aromatic nitrogens is 2. The fourth-order valence-electron chi connectivity index (χ4n) is 3.46. The van der Waals surface area contributed by atoms with Crippen molar-refractivity contribution >= 4 is 16.7 Å². The lowest BCUT2D eigenvalue weighted by Gasteiger charge is -2.20. The number of nitrogens with one attached hydrogen (secondary N) is 2. The first-order valence-electron chi connectivity index (χ1n) is 8.20. The average molecular weight is 315 g/mol. The lowest BCUT2D eigenvalue weighted by atomic mass is 10.1. The van der Waals surface area contributed by atoms with E-state index in [9.17, 15) is 9.59 Å². The number of rotatable bonds is 4. The normalized spacial score (nSPS) is 20.8. The van der Waals surface area contributed by atoms with E-state index in [0.29, 0.717) is 29.1 Å². The smallest absolute Gasteiger partial charge is 0.274 e. The Morgan fingerprint density at radius 1 is 1.39 bits per heavy atom. The van der Waals surface area contributed by atoms with Crippen LogP contribution in [0.15, 0.2) is 29.1 Å². The van der Waals surface area contributed by atoms with E-state index in [1.807, 2.05) is 6.07 Å². The largest absolute Gasteiger partial charge is 0.345 e. The molecule has 122 valence electrons. The molecule has 1 aromatic carbocycles. The summed E-state index contributed by atoms with van der Waals surface area (Å²) in [5.41, 5.74) is 0.133. The molecule has 0 bridgehead atoms. The van der Waals surface area contributed by atoms with Crippen LogP contribution in [-0.2, 0) is 7.05 Å². The molecule has 0 radical (unpaired) electrons. The van der Waals surface area contributed by atoms with Gasteiger partial charge in [-0.2, -0.15) is 5.10 Å². The Balaban J connectivity index is 1.84. The molecule has 2 atom stereocenters. The fourth-order valence-corrected chi connectivity index (χ4v) is 3.46. The summed E-state index contributed by atoms with van der Waals surface area (Å²) < 4.78 is 1.23. The molecule has 2 N–H and O–H groups in total. The number of carbonyl (C=O) groups excluding carboxylic acids is 1. The lowest BCUT2D eigenvalue weighted by molar-refractivity contribution is -0.909. The van der Waals surface area contributed by atoms with Gasteiger partial charge in [-0.15, -0.1) is 0 Å². The highest BCUT2D eigenvalue weighted by Crippen LogP contribution is 2.12. The number of benzene rings is 1. The van der Waals surface area contributed by atoms with Gasteiger partial charge in [0, 0.05) is 25.3 Å². The zero-order valence-corrected chi connectivity index (χ0v) is 13.6. The van der Waals surface area contributed by atoms with Gasteiger partial charge in [-0.3, -0.25) is 9.59 Å². The second-order valence-electron chi connectivity index (χ2n) is 6.13. The molecule has 1 unspecified atom stereocenters. The van der Waals surface area contributed by atoms with Crippen LogP contribution in [-0.4, -0.2) is 41.4 Å². The van der Waals surface area contributed by atoms with Crippen molar-refractivity contribution in [2.45, 2.75) is 25.8 Å².